The van der Waals surface area contributed by atoms with Crippen molar-refractivity contribution in [1.29, 1.82) is 0 Å². The van der Waals surface area contributed by atoms with Crippen LogP contribution in [0.2, 0.25) is 0 Å². The number of aromatic amines is 2. The minimum Gasteiger partial charge on any atom is -0.504 e. The Bertz CT molecular complexity index is 2590. The number of pyridine rings is 6. The molecule has 0 amide bonds. The smallest absolute Gasteiger partial charge is 0.418 e. The number of nitrogen functional groups attached to an aromatic ring is 3. The van der Waals surface area contributed by atoms with Gasteiger partial charge in [-0.05, 0) is 136 Å². The molecule has 0 aliphatic carbocycles. The summed E-state index contributed by atoms with van der Waals surface area (Å²) in [6.45, 7) is 5.09. The van der Waals surface area contributed by atoms with Gasteiger partial charge in [-0.1, -0.05) is 0 Å². The molecule has 0 aromatic carbocycles. The largest absolute Gasteiger partial charge is 0.504 e. The number of nitrogens with two attached hydrogens (primary N) is 3. The number of halogens is 5. The summed E-state index contributed by atoms with van der Waals surface area (Å²) in [5, 5.41) is 17.6. The summed E-state index contributed by atoms with van der Waals surface area (Å²) in [5.41, 5.74) is 17.8. The molecule has 10 N–H and O–H groups in total. The zero-order valence-corrected chi connectivity index (χ0v) is 39.1. The minimum atomic E-state index is -0.481. The van der Waals surface area contributed by atoms with E-state index in [9.17, 15) is 9.59 Å². The summed E-state index contributed by atoms with van der Waals surface area (Å²) in [6, 6.07) is 13.3. The first kappa shape index (κ1) is 48.8. The molecule has 0 radical (unpaired) electrons. The Morgan fingerprint density at radius 2 is 1.07 bits per heavy atom. The summed E-state index contributed by atoms with van der Waals surface area (Å²) in [7, 11) is 0. The number of anilines is 3. The summed E-state index contributed by atoms with van der Waals surface area (Å²) in [6.07, 6.45) is 9.58. The van der Waals surface area contributed by atoms with Crippen molar-refractivity contribution < 1.29 is 28.5 Å². The standard InChI is InChI=1S/C7H7Br2NO.C7H9BrN2O.C6H3BrN2O2.C6H4N2O2.C5H5BrN2O.C5H6N2O/c2*1-2-11-6-3-5(8)4-10-7(6)9;7-3-1-4-5(8-2-3)9-6(10)11-4;9-6-8-5-4(10-6)2-1-3-7-5;6-3-1-4(9)5(7)8-2-3;6-5-4(8)2-1-3-7-5/h3-4H,2H2,1H3;3-4H,2H2,1H3,(H2,9,10);1-2H,(H,8,9,10);1-3H,(H,7,8,9);1-2,9H,(H2,7,8);1-3,8H,(H2,6,7). The third-order valence-electron chi connectivity index (χ3n) is 6.34. The number of ether oxygens (including phenoxy) is 2. The number of nitrogens with one attached hydrogen (secondary N) is 2. The monoisotopic (exact) mass is 1140 g/mol. The number of fused-ring (bicyclic) bond motifs is 2. The van der Waals surface area contributed by atoms with Crippen LogP contribution in [-0.2, 0) is 0 Å². The molecule has 24 heteroatoms. The second-order valence-corrected chi connectivity index (χ2v) is 15.1. The van der Waals surface area contributed by atoms with Gasteiger partial charge in [0.15, 0.2) is 62.9 Å². The lowest BCUT2D eigenvalue weighted by molar-refractivity contribution is 0.336. The van der Waals surface area contributed by atoms with Crippen molar-refractivity contribution in [3.63, 3.8) is 0 Å². The van der Waals surface area contributed by atoms with Crippen LogP contribution in [0.25, 0.3) is 22.5 Å². The number of hydrogen-bond acceptors (Lipinski definition) is 17. The molecule has 8 aromatic heterocycles. The van der Waals surface area contributed by atoms with Gasteiger partial charge in [0.25, 0.3) is 0 Å². The Morgan fingerprint density at radius 1 is 0.583 bits per heavy atom. The fourth-order valence-electron chi connectivity index (χ4n) is 3.81. The first-order valence-corrected chi connectivity index (χ1v) is 20.6. The normalized spacial score (nSPS) is 9.85. The van der Waals surface area contributed by atoms with E-state index in [1.54, 1.807) is 55.1 Å². The minimum absolute atomic E-state index is 0.00405. The molecule has 0 fully saturated rings. The molecule has 0 aliphatic rings. The average molecular weight is 1150 g/mol. The number of aromatic hydroxyl groups is 2. The SMILES string of the molecule is CCOc1cc(Br)cnc1Br.CCOc1cc(Br)cnc1N.Nc1ncc(Br)cc1O.Nc1ncccc1O.O=c1[nH]c2ncc(Br)cc2o1.O=c1[nH]c2ncccc2o1. The number of H-pyrrole nitrogens is 2. The maximum absolute atomic E-state index is 10.6. The van der Waals surface area contributed by atoms with Crippen LogP contribution >= 0.6 is 79.6 Å². The quantitative estimate of drug-likeness (QED) is 0.0818. The highest BCUT2D eigenvalue weighted by Crippen LogP contribution is 2.26. The fourth-order valence-corrected chi connectivity index (χ4v) is 5.40. The number of aromatic nitrogens is 8. The van der Waals surface area contributed by atoms with Gasteiger partial charge >= 0.3 is 11.5 Å². The molecule has 8 aromatic rings. The van der Waals surface area contributed by atoms with Crippen molar-refractivity contribution in [3.8, 4) is 23.0 Å². The van der Waals surface area contributed by atoms with Crippen molar-refractivity contribution >= 4 is 120 Å². The highest BCUT2D eigenvalue weighted by atomic mass is 79.9. The summed E-state index contributed by atoms with van der Waals surface area (Å²) >= 11 is 16.2. The van der Waals surface area contributed by atoms with E-state index in [-0.39, 0.29) is 23.1 Å². The number of nitrogens with zero attached hydrogens (tertiary/aromatic N) is 6. The number of oxazole rings is 2. The van der Waals surface area contributed by atoms with Crippen LogP contribution in [0.3, 0.4) is 0 Å². The van der Waals surface area contributed by atoms with E-state index in [1.807, 2.05) is 19.9 Å². The van der Waals surface area contributed by atoms with E-state index < -0.39 is 11.5 Å². The lowest BCUT2D eigenvalue weighted by Crippen LogP contribution is -1.98. The second kappa shape index (κ2) is 25.2. The van der Waals surface area contributed by atoms with E-state index in [0.29, 0.717) is 51.7 Å². The van der Waals surface area contributed by atoms with Crippen LogP contribution < -0.4 is 38.2 Å². The van der Waals surface area contributed by atoms with Crippen LogP contribution in [0, 0.1) is 0 Å². The molecule has 0 atom stereocenters. The van der Waals surface area contributed by atoms with E-state index in [1.165, 1.54) is 24.5 Å². The summed E-state index contributed by atoms with van der Waals surface area (Å²) in [4.78, 5) is 49.0. The first-order valence-electron chi connectivity index (χ1n) is 16.6. The van der Waals surface area contributed by atoms with Crippen molar-refractivity contribution in [3.05, 3.63) is 129 Å². The lowest BCUT2D eigenvalue weighted by Gasteiger charge is -2.04. The lowest BCUT2D eigenvalue weighted by atomic mass is 10.4. The van der Waals surface area contributed by atoms with E-state index in [2.05, 4.69) is 120 Å². The predicted molar refractivity (Wildman–Crippen MR) is 244 cm³/mol. The Labute approximate surface area is 381 Å². The van der Waals surface area contributed by atoms with Gasteiger partial charge in [0.05, 0.1) is 13.2 Å². The van der Waals surface area contributed by atoms with Crippen molar-refractivity contribution in [2.75, 3.05) is 30.4 Å². The molecule has 0 saturated carbocycles. The Balaban J connectivity index is 0.000000193. The number of rotatable bonds is 4. The van der Waals surface area contributed by atoms with Gasteiger partial charge in [-0.15, -0.1) is 0 Å². The van der Waals surface area contributed by atoms with Gasteiger partial charge in [-0.25, -0.2) is 39.5 Å². The maximum Gasteiger partial charge on any atom is 0.418 e. The summed E-state index contributed by atoms with van der Waals surface area (Å²) < 4.78 is 23.9. The van der Waals surface area contributed by atoms with Crippen LogP contribution in [0.5, 0.6) is 23.0 Å². The highest BCUT2D eigenvalue weighted by molar-refractivity contribution is 9.11. The number of hydrogen-bond donors (Lipinski definition) is 7. The van der Waals surface area contributed by atoms with Crippen molar-refractivity contribution in [2.24, 2.45) is 0 Å². The molecular weight excluding hydrogens is 1110 g/mol. The maximum atomic E-state index is 10.6. The average Bonchev–Trinajstić information content (AvgIpc) is 3.79. The van der Waals surface area contributed by atoms with Gasteiger partial charge in [-0.3, -0.25) is 9.97 Å². The zero-order chi connectivity index (χ0) is 44.2. The molecular formula is C36H34Br5N11O8. The van der Waals surface area contributed by atoms with E-state index in [4.69, 9.17) is 45.7 Å². The molecule has 0 spiro atoms. The molecule has 316 valence electrons. The van der Waals surface area contributed by atoms with Gasteiger partial charge in [0.2, 0.25) is 0 Å². The first-order chi connectivity index (χ1) is 28.6. The van der Waals surface area contributed by atoms with Gasteiger partial charge in [-0.2, -0.15) is 0 Å². The molecule has 60 heavy (non-hydrogen) atoms. The Kier molecular flexibility index (Phi) is 20.5. The molecule has 0 unspecified atom stereocenters. The van der Waals surface area contributed by atoms with E-state index >= 15 is 0 Å². The van der Waals surface area contributed by atoms with Gasteiger partial charge in [0, 0.05) is 61.1 Å². The third kappa shape index (κ3) is 17.0. The summed E-state index contributed by atoms with van der Waals surface area (Å²) in [5.74, 6) is 1.24. The Hall–Kier alpha value is -5.56. The van der Waals surface area contributed by atoms with Gasteiger partial charge in [0.1, 0.15) is 4.60 Å². The van der Waals surface area contributed by atoms with Crippen LogP contribution in [0.1, 0.15) is 13.8 Å². The fraction of sp³-hybridized carbons (Fsp3) is 0.111. The van der Waals surface area contributed by atoms with Crippen molar-refractivity contribution in [1.82, 2.24) is 39.9 Å². The molecule has 19 nitrogen and oxygen atoms in total. The van der Waals surface area contributed by atoms with Crippen LogP contribution in [0.15, 0.2) is 127 Å². The highest BCUT2D eigenvalue weighted by Gasteiger charge is 2.03. The molecule has 8 rings (SSSR count). The second-order valence-electron chi connectivity index (χ2n) is 10.7. The molecule has 0 bridgehead atoms. The molecule has 8 heterocycles. The molecule has 0 aliphatic heterocycles. The van der Waals surface area contributed by atoms with Crippen LogP contribution in [-0.4, -0.2) is 63.3 Å². The predicted octanol–water partition coefficient (Wildman–Crippen LogP) is 8.13. The van der Waals surface area contributed by atoms with E-state index in [0.717, 1.165) is 23.8 Å². The Morgan fingerprint density at radius 3 is 1.63 bits per heavy atom. The molecule has 0 saturated heterocycles. The van der Waals surface area contributed by atoms with Crippen LogP contribution in [0.4, 0.5) is 17.5 Å². The zero-order valence-electron chi connectivity index (χ0n) is 31.1. The topological polar surface area (TPSA) is 306 Å². The van der Waals surface area contributed by atoms with Gasteiger partial charge < -0.3 is 45.7 Å². The van der Waals surface area contributed by atoms with Crippen molar-refractivity contribution in [2.45, 2.75) is 13.8 Å². The third-order valence-corrected chi connectivity index (χ3v) is 8.67.